The Balaban J connectivity index is 2.98. The Morgan fingerprint density at radius 3 is 2.67 bits per heavy atom. The lowest BCUT2D eigenvalue weighted by atomic mass is 10.4. The summed E-state index contributed by atoms with van der Waals surface area (Å²) >= 11 is 0. The largest absolute Gasteiger partial charge is 0.426 e. The lowest BCUT2D eigenvalue weighted by Gasteiger charge is -1.87. The fourth-order valence-corrected chi connectivity index (χ4v) is 0.518. The predicted octanol–water partition coefficient (Wildman–Crippen LogP) is -0.164. The van der Waals surface area contributed by atoms with E-state index in [1.54, 1.807) is 4.68 Å². The van der Waals surface area contributed by atoms with E-state index in [0.717, 1.165) is 0 Å². The minimum absolute atomic E-state index is 0.247. The first-order valence-electron chi connectivity index (χ1n) is 2.80. The van der Waals surface area contributed by atoms with E-state index in [1.807, 2.05) is 13.8 Å². The summed E-state index contributed by atoms with van der Waals surface area (Å²) in [5.41, 5.74) is -0.344. The smallest absolute Gasteiger partial charge is 0.284 e. The zero-order chi connectivity index (χ0) is 6.85. The number of aromatic amines is 1. The third kappa shape index (κ3) is 1.19. The molecular formula is C5H9N2O2+. The third-order valence-corrected chi connectivity index (χ3v) is 1.05. The second-order valence-corrected chi connectivity index (χ2v) is 2.14. The molecule has 4 nitrogen and oxygen atoms in total. The molecule has 9 heavy (non-hydrogen) atoms. The summed E-state index contributed by atoms with van der Waals surface area (Å²) in [7, 11) is 0. The van der Waals surface area contributed by atoms with Crippen molar-refractivity contribution in [3.05, 3.63) is 16.6 Å². The molecule has 0 bridgehead atoms. The van der Waals surface area contributed by atoms with Crippen molar-refractivity contribution in [1.29, 1.82) is 0 Å². The van der Waals surface area contributed by atoms with Crippen molar-refractivity contribution in [1.82, 2.24) is 5.27 Å². The molecule has 0 amide bonds. The maximum absolute atomic E-state index is 10.4. The maximum Gasteiger partial charge on any atom is 0.426 e. The highest BCUT2D eigenvalue weighted by Gasteiger charge is 2.08. The number of H-pyrrole nitrogens is 1. The Labute approximate surface area is 52.1 Å². The van der Waals surface area contributed by atoms with Gasteiger partial charge in [0.2, 0.25) is 0 Å². The second-order valence-electron chi connectivity index (χ2n) is 2.14. The van der Waals surface area contributed by atoms with E-state index in [4.69, 9.17) is 0 Å². The molecule has 1 N–H and O–H groups in total. The van der Waals surface area contributed by atoms with E-state index >= 15 is 0 Å². The Bertz CT molecular complexity index is 235. The number of nitrogens with one attached hydrogen (secondary N) is 1. The molecule has 1 heterocycles. The predicted molar refractivity (Wildman–Crippen MR) is 29.9 cm³/mol. The Hall–Kier alpha value is -1.06. The van der Waals surface area contributed by atoms with Crippen LogP contribution in [0.25, 0.3) is 0 Å². The molecule has 0 aliphatic heterocycles. The van der Waals surface area contributed by atoms with E-state index in [1.165, 1.54) is 6.20 Å². The molecule has 0 radical (unpaired) electrons. The van der Waals surface area contributed by atoms with Crippen LogP contribution in [-0.4, -0.2) is 5.27 Å². The number of hydrogen-bond acceptors (Lipinski definition) is 2. The van der Waals surface area contributed by atoms with Crippen LogP contribution in [0.3, 0.4) is 0 Å². The van der Waals surface area contributed by atoms with Gasteiger partial charge in [-0.2, -0.15) is 0 Å². The quantitative estimate of drug-likeness (QED) is 0.535. The molecule has 0 spiro atoms. The van der Waals surface area contributed by atoms with Gasteiger partial charge in [-0.3, -0.25) is 4.52 Å². The minimum atomic E-state index is -0.344. The van der Waals surface area contributed by atoms with Gasteiger partial charge in [0.25, 0.3) is 6.20 Å². The van der Waals surface area contributed by atoms with Gasteiger partial charge in [0.1, 0.15) is 0 Å². The van der Waals surface area contributed by atoms with Gasteiger partial charge in [0, 0.05) is 0 Å². The summed E-state index contributed by atoms with van der Waals surface area (Å²) in [6.45, 7) is 3.90. The standard InChI is InChI=1S/C5H8N2O2/c1-4(2)7-3-5(8)9-6-7/h3-4H,1-2H3/p+1. The van der Waals surface area contributed by atoms with Gasteiger partial charge in [-0.25, -0.2) is 4.79 Å². The van der Waals surface area contributed by atoms with Crippen molar-refractivity contribution >= 4 is 0 Å². The Kier molecular flexibility index (Phi) is 1.38. The Morgan fingerprint density at radius 2 is 2.44 bits per heavy atom. The summed E-state index contributed by atoms with van der Waals surface area (Å²) in [5.74, 6) is 0. The molecule has 4 heteroatoms. The van der Waals surface area contributed by atoms with Crippen molar-refractivity contribution in [2.24, 2.45) is 0 Å². The van der Waals surface area contributed by atoms with Crippen molar-refractivity contribution in [3.63, 3.8) is 0 Å². The average Bonchev–Trinajstić information content (AvgIpc) is 2.14. The highest BCUT2D eigenvalue weighted by Crippen LogP contribution is 1.83. The van der Waals surface area contributed by atoms with Gasteiger partial charge in [0.05, 0.1) is 0 Å². The molecule has 1 rings (SSSR count). The summed E-state index contributed by atoms with van der Waals surface area (Å²) in [6.07, 6.45) is 1.38. The van der Waals surface area contributed by atoms with E-state index in [2.05, 4.69) is 9.79 Å². The Morgan fingerprint density at radius 1 is 1.78 bits per heavy atom. The molecule has 0 saturated heterocycles. The molecule has 0 saturated carbocycles. The monoisotopic (exact) mass is 129 g/mol. The average molecular weight is 129 g/mol. The van der Waals surface area contributed by atoms with Crippen LogP contribution in [0.15, 0.2) is 15.5 Å². The molecule has 1 aromatic heterocycles. The topological polar surface area (TPSA) is 49.9 Å². The molecule has 50 valence electrons. The van der Waals surface area contributed by atoms with Crippen LogP contribution in [0.5, 0.6) is 0 Å². The van der Waals surface area contributed by atoms with Gasteiger partial charge in [-0.1, -0.05) is 4.68 Å². The summed E-state index contributed by atoms with van der Waals surface area (Å²) in [4.78, 5) is 10.4. The van der Waals surface area contributed by atoms with Crippen LogP contribution >= 0.6 is 0 Å². The van der Waals surface area contributed by atoms with Crippen molar-refractivity contribution < 1.29 is 9.20 Å². The van der Waals surface area contributed by atoms with E-state index in [0.29, 0.717) is 0 Å². The number of nitrogens with zero attached hydrogens (tertiary/aromatic N) is 1. The first kappa shape index (κ1) is 6.07. The SMILES string of the molecule is CC(C)[n+]1cc(=O)o[nH]1. The van der Waals surface area contributed by atoms with E-state index in [-0.39, 0.29) is 11.7 Å². The lowest BCUT2D eigenvalue weighted by Crippen LogP contribution is -2.37. The fourth-order valence-electron chi connectivity index (χ4n) is 0.518. The molecule has 1 aromatic rings. The van der Waals surface area contributed by atoms with Crippen LogP contribution in [0.4, 0.5) is 0 Å². The lowest BCUT2D eigenvalue weighted by molar-refractivity contribution is -0.779. The molecule has 0 fully saturated rings. The van der Waals surface area contributed by atoms with Gasteiger partial charge >= 0.3 is 5.63 Å². The zero-order valence-corrected chi connectivity index (χ0v) is 5.42. The molecule has 0 unspecified atom stereocenters. The molecule has 0 atom stereocenters. The van der Waals surface area contributed by atoms with Crippen LogP contribution in [-0.2, 0) is 0 Å². The van der Waals surface area contributed by atoms with Gasteiger partial charge in [-0.05, 0) is 19.1 Å². The molecule has 0 aliphatic carbocycles. The van der Waals surface area contributed by atoms with Crippen LogP contribution < -0.4 is 10.3 Å². The first-order valence-corrected chi connectivity index (χ1v) is 2.80. The number of aromatic nitrogens is 2. The van der Waals surface area contributed by atoms with Crippen LogP contribution in [0, 0.1) is 0 Å². The first-order chi connectivity index (χ1) is 4.20. The highest BCUT2D eigenvalue weighted by molar-refractivity contribution is 4.49. The summed E-state index contributed by atoms with van der Waals surface area (Å²) in [6, 6.07) is 0.247. The van der Waals surface area contributed by atoms with Gasteiger partial charge < -0.3 is 0 Å². The zero-order valence-electron chi connectivity index (χ0n) is 5.42. The van der Waals surface area contributed by atoms with E-state index in [9.17, 15) is 4.79 Å². The van der Waals surface area contributed by atoms with Crippen LogP contribution in [0.1, 0.15) is 19.9 Å². The summed E-state index contributed by atoms with van der Waals surface area (Å²) in [5, 5.41) is 2.43. The van der Waals surface area contributed by atoms with Gasteiger partial charge in [0.15, 0.2) is 6.04 Å². The minimum Gasteiger partial charge on any atom is -0.284 e. The molecule has 0 aromatic carbocycles. The molecular weight excluding hydrogens is 120 g/mol. The van der Waals surface area contributed by atoms with Crippen molar-refractivity contribution in [2.45, 2.75) is 19.9 Å². The maximum atomic E-state index is 10.4. The third-order valence-electron chi connectivity index (χ3n) is 1.05. The summed E-state index contributed by atoms with van der Waals surface area (Å²) < 4.78 is 6.01. The van der Waals surface area contributed by atoms with Crippen LogP contribution in [0.2, 0.25) is 0 Å². The highest BCUT2D eigenvalue weighted by atomic mass is 16.5. The molecule has 0 aliphatic rings. The van der Waals surface area contributed by atoms with Crippen molar-refractivity contribution in [3.8, 4) is 0 Å². The number of rotatable bonds is 1. The second kappa shape index (κ2) is 2.05. The number of hydrogen-bond donors (Lipinski definition) is 1. The van der Waals surface area contributed by atoms with E-state index < -0.39 is 0 Å². The normalized spacial score (nSPS) is 10.6. The van der Waals surface area contributed by atoms with Gasteiger partial charge in [-0.15, -0.1) is 0 Å². The fraction of sp³-hybridized carbons (Fsp3) is 0.600. The van der Waals surface area contributed by atoms with Crippen molar-refractivity contribution in [2.75, 3.05) is 0 Å².